The molecule has 1 fully saturated rings. The van der Waals surface area contributed by atoms with Gasteiger partial charge in [0.05, 0.1) is 10.7 Å². The van der Waals surface area contributed by atoms with E-state index in [-0.39, 0.29) is 5.91 Å². The number of thiazole rings is 2. The lowest BCUT2D eigenvalue weighted by atomic mass is 10.0. The molecule has 152 valence electrons. The predicted molar refractivity (Wildman–Crippen MR) is 120 cm³/mol. The Morgan fingerprint density at radius 1 is 1.03 bits per heavy atom. The maximum Gasteiger partial charge on any atom is 0.273 e. The number of benzene rings is 1. The lowest BCUT2D eigenvalue weighted by Crippen LogP contribution is -2.48. The highest BCUT2D eigenvalue weighted by Crippen LogP contribution is 2.26. The van der Waals surface area contributed by atoms with E-state index >= 15 is 0 Å². The van der Waals surface area contributed by atoms with Gasteiger partial charge in [-0.15, -0.1) is 22.7 Å². The van der Waals surface area contributed by atoms with Gasteiger partial charge in [0.25, 0.3) is 5.91 Å². The predicted octanol–water partition coefficient (Wildman–Crippen LogP) is 4.66. The molecule has 0 unspecified atom stereocenters. The van der Waals surface area contributed by atoms with Crippen LogP contribution in [-0.2, 0) is 6.54 Å². The lowest BCUT2D eigenvalue weighted by molar-refractivity contribution is 0.0622. The van der Waals surface area contributed by atoms with Crippen molar-refractivity contribution in [2.24, 2.45) is 0 Å². The highest BCUT2D eigenvalue weighted by molar-refractivity contribution is 7.13. The second-order valence-corrected chi connectivity index (χ2v) is 9.66. The number of aryl methyl sites for hydroxylation is 1. The van der Waals surface area contributed by atoms with Crippen molar-refractivity contribution in [2.75, 3.05) is 26.2 Å². The van der Waals surface area contributed by atoms with Crippen molar-refractivity contribution < 1.29 is 4.79 Å². The van der Waals surface area contributed by atoms with E-state index in [1.54, 1.807) is 11.3 Å². The summed E-state index contributed by atoms with van der Waals surface area (Å²) in [6, 6.07) is 8.49. The van der Waals surface area contributed by atoms with E-state index in [0.29, 0.717) is 11.6 Å². The van der Waals surface area contributed by atoms with Crippen LogP contribution in [0.3, 0.4) is 0 Å². The standard InChI is InChI=1S/C22H26N4OS2/c1-15(2)17-4-6-18(7-5-17)21-24-20(14-29-21)22(27)26-10-8-25(9-11-26)12-19-13-28-16(3)23-19/h4-7,13-15H,8-12H2,1-3H3. The molecule has 3 heterocycles. The second-order valence-electron chi connectivity index (χ2n) is 7.74. The smallest absolute Gasteiger partial charge is 0.273 e. The third-order valence-electron chi connectivity index (χ3n) is 5.26. The number of nitrogens with zero attached hydrogens (tertiary/aromatic N) is 4. The van der Waals surface area contributed by atoms with Crippen LogP contribution in [0, 0.1) is 6.92 Å². The molecule has 0 spiro atoms. The Kier molecular flexibility index (Phi) is 6.08. The Hall–Kier alpha value is -2.09. The molecule has 1 saturated heterocycles. The first kappa shape index (κ1) is 20.2. The maximum absolute atomic E-state index is 12.9. The van der Waals surface area contributed by atoms with Crippen LogP contribution < -0.4 is 0 Å². The van der Waals surface area contributed by atoms with Gasteiger partial charge in [0, 0.05) is 49.0 Å². The van der Waals surface area contributed by atoms with Crippen molar-refractivity contribution in [1.29, 1.82) is 0 Å². The first-order chi connectivity index (χ1) is 14.0. The van der Waals surface area contributed by atoms with Crippen molar-refractivity contribution in [3.8, 4) is 10.6 Å². The maximum atomic E-state index is 12.9. The molecule has 7 heteroatoms. The average Bonchev–Trinajstić information content (AvgIpc) is 3.37. The Labute approximate surface area is 180 Å². The van der Waals surface area contributed by atoms with E-state index in [9.17, 15) is 4.79 Å². The number of piperazine rings is 1. The molecule has 1 aromatic carbocycles. The minimum absolute atomic E-state index is 0.0375. The lowest BCUT2D eigenvalue weighted by Gasteiger charge is -2.34. The summed E-state index contributed by atoms with van der Waals surface area (Å²) < 4.78 is 0. The van der Waals surface area contributed by atoms with E-state index in [1.165, 1.54) is 16.9 Å². The minimum Gasteiger partial charge on any atom is -0.335 e. The van der Waals surface area contributed by atoms with E-state index in [4.69, 9.17) is 0 Å². The van der Waals surface area contributed by atoms with Crippen molar-refractivity contribution in [1.82, 2.24) is 19.8 Å². The molecule has 0 saturated carbocycles. The van der Waals surface area contributed by atoms with Crippen molar-refractivity contribution in [2.45, 2.75) is 33.2 Å². The SMILES string of the molecule is Cc1nc(CN2CCN(C(=O)c3csc(-c4ccc(C(C)C)cc4)n3)CC2)cs1. The van der Waals surface area contributed by atoms with Gasteiger partial charge in [0.1, 0.15) is 10.7 Å². The van der Waals surface area contributed by atoms with Crippen molar-refractivity contribution >= 4 is 28.6 Å². The monoisotopic (exact) mass is 426 g/mol. The summed E-state index contributed by atoms with van der Waals surface area (Å²) in [5.41, 5.74) is 4.07. The van der Waals surface area contributed by atoms with Gasteiger partial charge in [-0.05, 0) is 18.4 Å². The van der Waals surface area contributed by atoms with Gasteiger partial charge in [0.2, 0.25) is 0 Å². The van der Waals surface area contributed by atoms with Gasteiger partial charge in [-0.25, -0.2) is 9.97 Å². The Bertz CT molecular complexity index is 969. The van der Waals surface area contributed by atoms with Gasteiger partial charge in [-0.1, -0.05) is 38.1 Å². The molecule has 0 atom stereocenters. The van der Waals surface area contributed by atoms with Crippen LogP contribution in [0.1, 0.15) is 46.5 Å². The number of carbonyl (C=O) groups excluding carboxylic acids is 1. The molecule has 1 aliphatic rings. The highest BCUT2D eigenvalue weighted by Gasteiger charge is 2.24. The number of amides is 1. The van der Waals surface area contributed by atoms with Gasteiger partial charge >= 0.3 is 0 Å². The molecular weight excluding hydrogens is 400 g/mol. The molecule has 3 aromatic rings. The van der Waals surface area contributed by atoms with E-state index < -0.39 is 0 Å². The van der Waals surface area contributed by atoms with Gasteiger partial charge < -0.3 is 4.90 Å². The fourth-order valence-electron chi connectivity index (χ4n) is 3.50. The van der Waals surface area contributed by atoms with Crippen LogP contribution in [-0.4, -0.2) is 51.9 Å². The highest BCUT2D eigenvalue weighted by atomic mass is 32.1. The summed E-state index contributed by atoms with van der Waals surface area (Å²) in [5.74, 6) is 0.547. The topological polar surface area (TPSA) is 49.3 Å². The molecule has 0 aliphatic carbocycles. The quantitative estimate of drug-likeness (QED) is 0.596. The Morgan fingerprint density at radius 2 is 1.76 bits per heavy atom. The number of carbonyl (C=O) groups is 1. The average molecular weight is 427 g/mol. The van der Waals surface area contributed by atoms with Crippen LogP contribution in [0.2, 0.25) is 0 Å². The zero-order valence-corrected chi connectivity index (χ0v) is 18.7. The van der Waals surface area contributed by atoms with Crippen molar-refractivity contribution in [3.05, 3.63) is 57.0 Å². The molecule has 0 bridgehead atoms. The first-order valence-corrected chi connectivity index (χ1v) is 11.7. The Balaban J connectivity index is 1.35. The number of hydrogen-bond donors (Lipinski definition) is 0. The molecule has 2 aromatic heterocycles. The number of rotatable bonds is 5. The van der Waals surface area contributed by atoms with E-state index in [1.807, 2.05) is 17.2 Å². The van der Waals surface area contributed by atoms with Crippen LogP contribution in [0.25, 0.3) is 10.6 Å². The van der Waals surface area contributed by atoms with E-state index in [2.05, 4.69) is 58.4 Å². The molecule has 4 rings (SSSR count). The molecule has 29 heavy (non-hydrogen) atoms. The van der Waals surface area contributed by atoms with Crippen LogP contribution in [0.4, 0.5) is 0 Å². The Morgan fingerprint density at radius 3 is 2.38 bits per heavy atom. The van der Waals surface area contributed by atoms with Crippen molar-refractivity contribution in [3.63, 3.8) is 0 Å². The largest absolute Gasteiger partial charge is 0.335 e. The second kappa shape index (κ2) is 8.73. The summed E-state index contributed by atoms with van der Waals surface area (Å²) in [6.45, 7) is 10.5. The van der Waals surface area contributed by atoms with Gasteiger partial charge in [0.15, 0.2) is 0 Å². The normalized spacial score (nSPS) is 15.2. The molecular formula is C22H26N4OS2. The molecule has 1 aliphatic heterocycles. The summed E-state index contributed by atoms with van der Waals surface area (Å²) in [7, 11) is 0. The van der Waals surface area contributed by atoms with Crippen LogP contribution in [0.15, 0.2) is 35.0 Å². The van der Waals surface area contributed by atoms with Gasteiger partial charge in [-0.2, -0.15) is 0 Å². The van der Waals surface area contributed by atoms with Crippen LogP contribution >= 0.6 is 22.7 Å². The van der Waals surface area contributed by atoms with Crippen LogP contribution in [0.5, 0.6) is 0 Å². The number of hydrogen-bond acceptors (Lipinski definition) is 6. The zero-order valence-electron chi connectivity index (χ0n) is 17.1. The fourth-order valence-corrected chi connectivity index (χ4v) is 4.90. The molecule has 1 amide bonds. The van der Waals surface area contributed by atoms with Gasteiger partial charge in [-0.3, -0.25) is 9.69 Å². The number of aromatic nitrogens is 2. The third-order valence-corrected chi connectivity index (χ3v) is 6.97. The molecule has 0 N–H and O–H groups in total. The summed E-state index contributed by atoms with van der Waals surface area (Å²) in [5, 5.41) is 6.02. The van der Waals surface area contributed by atoms with E-state index in [0.717, 1.165) is 54.0 Å². The summed E-state index contributed by atoms with van der Waals surface area (Å²) in [6.07, 6.45) is 0. The summed E-state index contributed by atoms with van der Waals surface area (Å²) >= 11 is 3.23. The minimum atomic E-state index is 0.0375. The third kappa shape index (κ3) is 4.74. The molecule has 5 nitrogen and oxygen atoms in total. The first-order valence-electron chi connectivity index (χ1n) is 9.98. The fraction of sp³-hybridized carbons (Fsp3) is 0.409. The summed E-state index contributed by atoms with van der Waals surface area (Å²) in [4.78, 5) is 26.3. The molecule has 0 radical (unpaired) electrons. The zero-order chi connectivity index (χ0) is 20.4.